The van der Waals surface area contributed by atoms with Crippen LogP contribution in [0.3, 0.4) is 0 Å². The van der Waals surface area contributed by atoms with Gasteiger partial charge in [-0.3, -0.25) is 0 Å². The summed E-state index contributed by atoms with van der Waals surface area (Å²) in [5, 5.41) is -3.62. The van der Waals surface area contributed by atoms with E-state index in [2.05, 4.69) is 10.2 Å². The number of nitrogens with zero attached hydrogens (tertiary/aromatic N) is 2. The molecule has 1 heterocycles. The molecule has 1 aliphatic rings. The van der Waals surface area contributed by atoms with E-state index < -0.39 is 33.2 Å². The molecular weight excluding hydrogens is 469 g/mol. The van der Waals surface area contributed by atoms with Crippen molar-refractivity contribution in [3.05, 3.63) is 65.5 Å². The molecule has 1 N–H and O–H groups in total. The predicted octanol–water partition coefficient (Wildman–Crippen LogP) is 1.26. The minimum absolute atomic E-state index is 0.320. The first kappa shape index (κ1) is 30.4. The first-order valence-electron chi connectivity index (χ1n) is 12.3. The monoisotopic (exact) mass is 497 g/mol. The Kier molecular flexibility index (Phi) is 8.92. The lowest BCUT2D eigenvalue weighted by Gasteiger charge is -2.49. The van der Waals surface area contributed by atoms with Gasteiger partial charge in [-0.25, -0.2) is 9.18 Å². The van der Waals surface area contributed by atoms with Crippen molar-refractivity contribution >= 4 is 61.0 Å². The summed E-state index contributed by atoms with van der Waals surface area (Å²) in [6, 6.07) is 10.6. The molecule has 0 saturated carbocycles. The number of piperidine rings is 1. The number of hydrogen-bond donors (Lipinski definition) is 1. The number of carbonyl (C=O) groups is 1. The van der Waals surface area contributed by atoms with Gasteiger partial charge in [0, 0.05) is 11.4 Å². The molecule has 2 aromatic rings. The predicted molar refractivity (Wildman–Crippen MR) is 155 cm³/mol. The maximum Gasteiger partial charge on any atom is 0.316 e. The summed E-state index contributed by atoms with van der Waals surface area (Å²) in [5.74, 6) is -0.127. The van der Waals surface area contributed by atoms with Crippen LogP contribution < -0.4 is 10.1 Å². The molecule has 182 valence electrons. The van der Waals surface area contributed by atoms with Gasteiger partial charge in [0.25, 0.3) is 0 Å². The molecule has 0 atom stereocenters. The van der Waals surface area contributed by atoms with Crippen LogP contribution in [0.1, 0.15) is 37.8 Å². The lowest BCUT2D eigenvalue weighted by atomic mass is 9.44. The molecule has 0 spiro atoms. The second-order valence-electron chi connectivity index (χ2n) is 10.7. The first-order chi connectivity index (χ1) is 17.4. The number of likely N-dealkylation sites (tertiary alicyclic amines) is 1. The fourth-order valence-electron chi connectivity index (χ4n) is 4.18. The molecular formula is C25H27B7FN3O2. The number of rotatable bonds is 8. The van der Waals surface area contributed by atoms with Crippen LogP contribution in [0.5, 0.6) is 5.75 Å². The van der Waals surface area contributed by atoms with E-state index >= 15 is 0 Å². The van der Waals surface area contributed by atoms with Gasteiger partial charge in [0.05, 0.1) is 39.2 Å². The highest BCUT2D eigenvalue weighted by Crippen LogP contribution is 2.34. The Morgan fingerprint density at radius 1 is 0.921 bits per heavy atom. The van der Waals surface area contributed by atoms with Crippen LogP contribution in [-0.2, 0) is 10.7 Å². The van der Waals surface area contributed by atoms with Gasteiger partial charge in [-0.1, -0.05) is 43.4 Å². The molecule has 5 nitrogen and oxygen atoms in total. The average molecular weight is 496 g/mol. The Labute approximate surface area is 235 Å². The van der Waals surface area contributed by atoms with Crippen molar-refractivity contribution in [2.75, 3.05) is 20.1 Å². The zero-order chi connectivity index (χ0) is 28.5. The zero-order valence-corrected chi connectivity index (χ0v) is 22.2. The molecule has 2 aromatic carbocycles. The SMILES string of the molecule is [B]C([B])(NC(=O)N(C1CCN(C)CC1)C([B])([B])c1ccc(F)cc1)c1ccc(OC([B])([B])C([B])(C)C)cc1. The quantitative estimate of drug-likeness (QED) is 0.561. The van der Waals surface area contributed by atoms with E-state index in [-0.39, 0.29) is 6.04 Å². The van der Waals surface area contributed by atoms with Gasteiger partial charge in [-0.15, -0.1) is 0 Å². The van der Waals surface area contributed by atoms with E-state index in [9.17, 15) is 9.18 Å². The van der Waals surface area contributed by atoms with E-state index in [1.165, 1.54) is 29.2 Å². The number of carbonyl (C=O) groups excluding carboxylic acids is 1. The fourth-order valence-corrected chi connectivity index (χ4v) is 4.18. The van der Waals surface area contributed by atoms with Crippen LogP contribution in [0.15, 0.2) is 48.5 Å². The molecule has 0 bridgehead atoms. The number of ether oxygens (including phenoxy) is 1. The van der Waals surface area contributed by atoms with Crippen LogP contribution in [0, 0.1) is 5.82 Å². The number of halogens is 1. The summed E-state index contributed by atoms with van der Waals surface area (Å²) < 4.78 is 19.2. The summed E-state index contributed by atoms with van der Waals surface area (Å²) in [7, 11) is 45.8. The molecule has 0 aliphatic carbocycles. The minimum Gasteiger partial charge on any atom is -0.507 e. The molecule has 1 aliphatic heterocycles. The third kappa shape index (κ3) is 6.88. The smallest absolute Gasteiger partial charge is 0.316 e. The molecule has 2 amide bonds. The summed E-state index contributed by atoms with van der Waals surface area (Å²) in [6.07, 6.45) is 1.24. The Hall–Kier alpha value is -2.15. The summed E-state index contributed by atoms with van der Waals surface area (Å²) in [5.41, 5.74) is 0.707. The Balaban J connectivity index is 1.85. The maximum atomic E-state index is 13.7. The lowest BCUT2D eigenvalue weighted by Crippen LogP contribution is -2.63. The standard InChI is InChI=1S/C25H27B7FN3O2/c1-22(2,26)25(31,32)38-20-10-6-16(7-11-20)23(27,28)34-21(37)36(19-12-14-35(3)15-13-19)24(29,30)17-4-8-18(33)9-5-17/h4-11,19H,12-15H2,1-3H3,(H,34,37). The number of amides is 2. The molecule has 3 rings (SSSR count). The first-order valence-corrected chi connectivity index (χ1v) is 12.3. The Morgan fingerprint density at radius 2 is 1.42 bits per heavy atom. The third-order valence-corrected chi connectivity index (χ3v) is 6.92. The lowest BCUT2D eigenvalue weighted by molar-refractivity contribution is 0.110. The second kappa shape index (κ2) is 11.2. The molecule has 1 fully saturated rings. The van der Waals surface area contributed by atoms with Crippen LogP contribution in [0.25, 0.3) is 0 Å². The van der Waals surface area contributed by atoms with E-state index in [1.807, 2.05) is 7.05 Å². The molecule has 0 unspecified atom stereocenters. The van der Waals surface area contributed by atoms with Gasteiger partial charge in [-0.2, -0.15) is 0 Å². The molecule has 38 heavy (non-hydrogen) atoms. The number of nitrogens with one attached hydrogen (secondary N) is 1. The van der Waals surface area contributed by atoms with Crippen molar-refractivity contribution in [2.24, 2.45) is 0 Å². The van der Waals surface area contributed by atoms with E-state index in [0.717, 1.165) is 13.1 Å². The largest absolute Gasteiger partial charge is 0.507 e. The van der Waals surface area contributed by atoms with Crippen LogP contribution in [0.2, 0.25) is 5.31 Å². The van der Waals surface area contributed by atoms with Crippen LogP contribution in [-0.4, -0.2) is 102 Å². The van der Waals surface area contributed by atoms with Gasteiger partial charge in [0.15, 0.2) is 0 Å². The Bertz CT molecular complexity index is 1100. The Morgan fingerprint density at radius 3 is 1.92 bits per heavy atom. The maximum absolute atomic E-state index is 13.7. The van der Waals surface area contributed by atoms with Gasteiger partial charge in [0.1, 0.15) is 27.3 Å². The molecule has 13 heteroatoms. The number of hydrogen-bond acceptors (Lipinski definition) is 3. The minimum atomic E-state index is -1.81. The molecule has 1 saturated heterocycles. The topological polar surface area (TPSA) is 44.8 Å². The zero-order valence-electron chi connectivity index (χ0n) is 22.2. The van der Waals surface area contributed by atoms with Gasteiger partial charge in [-0.05, 0) is 79.0 Å². The van der Waals surface area contributed by atoms with Crippen LogP contribution in [0.4, 0.5) is 9.18 Å². The molecule has 14 radical (unpaired) electrons. The second-order valence-corrected chi connectivity index (χ2v) is 10.7. The highest BCUT2D eigenvalue weighted by atomic mass is 19.1. The van der Waals surface area contributed by atoms with Crippen molar-refractivity contribution < 1.29 is 13.9 Å². The van der Waals surface area contributed by atoms with E-state index in [4.69, 9.17) is 59.7 Å². The van der Waals surface area contributed by atoms with Gasteiger partial charge < -0.3 is 19.9 Å². The summed E-state index contributed by atoms with van der Waals surface area (Å²) in [4.78, 5) is 17.2. The van der Waals surface area contributed by atoms with Crippen molar-refractivity contribution in [1.29, 1.82) is 0 Å². The fraction of sp³-hybridized carbons (Fsp3) is 0.480. The van der Waals surface area contributed by atoms with Crippen molar-refractivity contribution in [3.63, 3.8) is 0 Å². The number of benzene rings is 2. The van der Waals surface area contributed by atoms with Crippen molar-refractivity contribution in [3.8, 4) is 5.75 Å². The summed E-state index contributed by atoms with van der Waals surface area (Å²) >= 11 is 0. The van der Waals surface area contributed by atoms with Crippen LogP contribution >= 0.6 is 0 Å². The highest BCUT2D eigenvalue weighted by molar-refractivity contribution is 6.44. The molecule has 0 aromatic heterocycles. The highest BCUT2D eigenvalue weighted by Gasteiger charge is 2.39. The van der Waals surface area contributed by atoms with Crippen molar-refractivity contribution in [2.45, 2.75) is 54.1 Å². The third-order valence-electron chi connectivity index (χ3n) is 6.92. The van der Waals surface area contributed by atoms with Gasteiger partial charge >= 0.3 is 6.03 Å². The summed E-state index contributed by atoms with van der Waals surface area (Å²) in [6.45, 7) is 4.74. The van der Waals surface area contributed by atoms with Crippen molar-refractivity contribution in [1.82, 2.24) is 15.1 Å². The average Bonchev–Trinajstić information content (AvgIpc) is 2.79. The normalized spacial score (nSPS) is 16.1. The van der Waals surface area contributed by atoms with E-state index in [0.29, 0.717) is 29.7 Å². The van der Waals surface area contributed by atoms with Gasteiger partial charge in [0.2, 0.25) is 0 Å². The van der Waals surface area contributed by atoms with E-state index in [1.54, 1.807) is 38.1 Å². The number of urea groups is 1.